The molecule has 2 aromatic heterocycles. The van der Waals surface area contributed by atoms with Gasteiger partial charge in [-0.1, -0.05) is 12.1 Å². The lowest BCUT2D eigenvalue weighted by Crippen LogP contribution is -2.48. The number of hydrogen-bond donors (Lipinski definition) is 1. The predicted molar refractivity (Wildman–Crippen MR) is 143 cm³/mol. The number of aryl methyl sites for hydroxylation is 2. The first-order chi connectivity index (χ1) is 17.4. The van der Waals surface area contributed by atoms with E-state index < -0.39 is 0 Å². The van der Waals surface area contributed by atoms with Gasteiger partial charge >= 0.3 is 11.7 Å². The first kappa shape index (κ1) is 24.0. The van der Waals surface area contributed by atoms with Gasteiger partial charge < -0.3 is 19.9 Å². The third-order valence-electron chi connectivity index (χ3n) is 7.07. The maximum absolute atomic E-state index is 12.9. The van der Waals surface area contributed by atoms with E-state index in [9.17, 15) is 9.59 Å². The Hall–Kier alpha value is -3.69. The van der Waals surface area contributed by atoms with Crippen LogP contribution >= 0.6 is 0 Å². The van der Waals surface area contributed by atoms with Crippen LogP contribution in [0.5, 0.6) is 0 Å². The van der Waals surface area contributed by atoms with Gasteiger partial charge in [0.15, 0.2) is 0 Å². The van der Waals surface area contributed by atoms with Gasteiger partial charge in [-0.25, -0.2) is 9.59 Å². The van der Waals surface area contributed by atoms with Gasteiger partial charge in [-0.2, -0.15) is 0 Å². The Morgan fingerprint density at radius 2 is 1.86 bits per heavy atom. The number of amides is 2. The van der Waals surface area contributed by atoms with Crippen molar-refractivity contribution in [1.29, 1.82) is 0 Å². The molecule has 0 atom stereocenters. The highest BCUT2D eigenvalue weighted by molar-refractivity contribution is 6.04. The highest BCUT2D eigenvalue weighted by Gasteiger charge is 2.19. The summed E-state index contributed by atoms with van der Waals surface area (Å²) in [6, 6.07) is 12.1. The van der Waals surface area contributed by atoms with E-state index in [0.29, 0.717) is 13.2 Å². The van der Waals surface area contributed by atoms with Crippen molar-refractivity contribution in [2.75, 3.05) is 52.3 Å². The molecule has 2 amide bonds. The van der Waals surface area contributed by atoms with Crippen LogP contribution < -0.4 is 11.0 Å². The maximum atomic E-state index is 12.9. The van der Waals surface area contributed by atoms with Crippen LogP contribution in [-0.4, -0.2) is 76.9 Å². The molecule has 9 nitrogen and oxygen atoms in total. The average Bonchev–Trinajstić information content (AvgIpc) is 3.12. The van der Waals surface area contributed by atoms with Crippen molar-refractivity contribution < 1.29 is 9.53 Å². The smallest absolute Gasteiger partial charge is 0.328 e. The van der Waals surface area contributed by atoms with Crippen LogP contribution in [0.4, 0.5) is 10.5 Å². The molecular weight excluding hydrogens is 456 g/mol. The maximum Gasteiger partial charge on any atom is 0.328 e. The summed E-state index contributed by atoms with van der Waals surface area (Å²) in [5.41, 5.74) is 6.32. The zero-order chi connectivity index (χ0) is 25.4. The lowest BCUT2D eigenvalue weighted by Gasteiger charge is -2.32. The number of imidazole rings is 1. The van der Waals surface area contributed by atoms with Crippen molar-refractivity contribution >= 4 is 33.7 Å². The Bertz CT molecular complexity index is 1500. The van der Waals surface area contributed by atoms with Gasteiger partial charge in [0.05, 0.1) is 35.9 Å². The molecule has 1 aliphatic heterocycles. The fraction of sp³-hybridized carbons (Fsp3) is 0.370. The lowest BCUT2D eigenvalue weighted by molar-refractivity contribution is 0.164. The second kappa shape index (κ2) is 9.75. The summed E-state index contributed by atoms with van der Waals surface area (Å²) in [4.78, 5) is 34.3. The summed E-state index contributed by atoms with van der Waals surface area (Å²) in [5, 5.41) is 3.96. The minimum absolute atomic E-state index is 0.0625. The molecule has 9 heteroatoms. The molecule has 0 aliphatic carbocycles. The number of aromatic nitrogens is 3. The fourth-order valence-electron chi connectivity index (χ4n) is 4.91. The number of hydrogen-bond acceptors (Lipinski definition) is 5. The Morgan fingerprint density at radius 3 is 2.58 bits per heavy atom. The highest BCUT2D eigenvalue weighted by Crippen LogP contribution is 2.31. The zero-order valence-electron chi connectivity index (χ0n) is 21.2. The second-order valence-electron chi connectivity index (χ2n) is 9.46. The number of benzene rings is 2. The van der Waals surface area contributed by atoms with Crippen LogP contribution in [0, 0.1) is 6.92 Å². The molecule has 2 aromatic carbocycles. The monoisotopic (exact) mass is 488 g/mol. The van der Waals surface area contributed by atoms with Crippen LogP contribution in [0.25, 0.3) is 33.1 Å². The normalized spacial score (nSPS) is 14.6. The molecule has 1 fully saturated rings. The van der Waals surface area contributed by atoms with Crippen molar-refractivity contribution in [1.82, 2.24) is 23.9 Å². The van der Waals surface area contributed by atoms with Gasteiger partial charge in [-0.3, -0.25) is 14.1 Å². The minimum Gasteiger partial charge on any atom is -0.383 e. The van der Waals surface area contributed by atoms with E-state index in [2.05, 4.69) is 28.3 Å². The standard InChI is InChI=1S/C27H32N6O3/c1-18-15-20(29-26(34)32-11-9-30(2)10-12-32)6-7-21(18)19-5-8-23-22(16-19)25-24(17-28-23)31(3)27(35)33(25)13-14-36-4/h5-8,15-17H,9-14H2,1-4H3,(H,29,34). The molecule has 0 unspecified atom stereocenters. The van der Waals surface area contributed by atoms with E-state index in [1.165, 1.54) is 0 Å². The van der Waals surface area contributed by atoms with Crippen molar-refractivity contribution in [3.05, 3.63) is 58.6 Å². The van der Waals surface area contributed by atoms with Gasteiger partial charge in [0.2, 0.25) is 0 Å². The summed E-state index contributed by atoms with van der Waals surface area (Å²) < 4.78 is 8.63. The SMILES string of the molecule is COCCn1c(=O)n(C)c2cnc3ccc(-c4ccc(NC(=O)N5CCN(C)CC5)cc4C)cc3c21. The number of anilines is 1. The van der Waals surface area contributed by atoms with Crippen LogP contribution in [0.15, 0.2) is 47.4 Å². The van der Waals surface area contributed by atoms with Crippen LogP contribution in [0.1, 0.15) is 5.56 Å². The van der Waals surface area contributed by atoms with E-state index in [0.717, 1.165) is 70.5 Å². The number of fused-ring (bicyclic) bond motifs is 3. The molecule has 0 radical (unpaired) electrons. The second-order valence-corrected chi connectivity index (χ2v) is 9.46. The Balaban J connectivity index is 1.49. The summed E-state index contributed by atoms with van der Waals surface area (Å²) in [7, 11) is 5.47. The van der Waals surface area contributed by atoms with E-state index in [1.807, 2.05) is 42.2 Å². The Morgan fingerprint density at radius 1 is 1.08 bits per heavy atom. The molecule has 0 bridgehead atoms. The molecule has 188 valence electrons. The molecule has 0 spiro atoms. The number of pyridine rings is 1. The molecule has 3 heterocycles. The van der Waals surface area contributed by atoms with Gasteiger partial charge in [0.1, 0.15) is 0 Å². The van der Waals surface area contributed by atoms with Crippen molar-refractivity contribution in [3.8, 4) is 11.1 Å². The number of methoxy groups -OCH3 is 1. The number of urea groups is 1. The molecule has 0 saturated carbocycles. The molecule has 5 rings (SSSR count). The van der Waals surface area contributed by atoms with Crippen molar-refractivity contribution in [3.63, 3.8) is 0 Å². The number of carbonyl (C=O) groups excluding carboxylic acids is 1. The number of rotatable bonds is 5. The highest BCUT2D eigenvalue weighted by atomic mass is 16.5. The number of piperazine rings is 1. The largest absolute Gasteiger partial charge is 0.383 e. The first-order valence-corrected chi connectivity index (χ1v) is 12.2. The Kier molecular flexibility index (Phi) is 6.51. The quantitative estimate of drug-likeness (QED) is 0.466. The summed E-state index contributed by atoms with van der Waals surface area (Å²) in [5.74, 6) is 0. The van der Waals surface area contributed by atoms with Crippen molar-refractivity contribution in [2.24, 2.45) is 7.05 Å². The Labute approximate surface area is 209 Å². The van der Waals surface area contributed by atoms with Gasteiger partial charge in [-0.05, 0) is 54.9 Å². The number of nitrogens with zero attached hydrogens (tertiary/aromatic N) is 5. The van der Waals surface area contributed by atoms with Crippen LogP contribution in [-0.2, 0) is 18.3 Å². The topological polar surface area (TPSA) is 84.6 Å². The fourth-order valence-corrected chi connectivity index (χ4v) is 4.91. The molecule has 1 N–H and O–H groups in total. The zero-order valence-corrected chi connectivity index (χ0v) is 21.2. The van der Waals surface area contributed by atoms with Crippen molar-refractivity contribution in [2.45, 2.75) is 13.5 Å². The lowest BCUT2D eigenvalue weighted by atomic mass is 9.98. The minimum atomic E-state index is -0.0848. The average molecular weight is 489 g/mol. The number of likely N-dealkylation sites (N-methyl/N-ethyl adjacent to an activating group) is 1. The summed E-state index contributed by atoms with van der Waals surface area (Å²) in [6.07, 6.45) is 1.76. The molecular formula is C27H32N6O3. The van der Waals surface area contributed by atoms with Gasteiger partial charge in [-0.15, -0.1) is 0 Å². The summed E-state index contributed by atoms with van der Waals surface area (Å²) in [6.45, 7) is 6.19. The van der Waals surface area contributed by atoms with Gasteiger partial charge in [0, 0.05) is 51.4 Å². The van der Waals surface area contributed by atoms with Crippen LogP contribution in [0.3, 0.4) is 0 Å². The molecule has 36 heavy (non-hydrogen) atoms. The first-order valence-electron chi connectivity index (χ1n) is 12.2. The van der Waals surface area contributed by atoms with E-state index in [1.54, 1.807) is 29.5 Å². The summed E-state index contributed by atoms with van der Waals surface area (Å²) >= 11 is 0. The molecule has 1 saturated heterocycles. The number of carbonyl (C=O) groups is 1. The molecule has 1 aliphatic rings. The molecule has 4 aromatic rings. The van der Waals surface area contributed by atoms with E-state index in [-0.39, 0.29) is 11.7 Å². The number of nitrogens with one attached hydrogen (secondary N) is 1. The van der Waals surface area contributed by atoms with E-state index >= 15 is 0 Å². The third-order valence-corrected chi connectivity index (χ3v) is 7.07. The predicted octanol–water partition coefficient (Wildman–Crippen LogP) is 3.29. The van der Waals surface area contributed by atoms with E-state index in [4.69, 9.17) is 4.74 Å². The number of ether oxygens (including phenoxy) is 1. The van der Waals surface area contributed by atoms with Crippen LogP contribution in [0.2, 0.25) is 0 Å². The van der Waals surface area contributed by atoms with Gasteiger partial charge in [0.25, 0.3) is 0 Å². The third kappa shape index (κ3) is 4.36.